The van der Waals surface area contributed by atoms with E-state index in [2.05, 4.69) is 10.9 Å². The highest BCUT2D eigenvalue weighted by molar-refractivity contribution is 5.97. The van der Waals surface area contributed by atoms with E-state index < -0.39 is 0 Å². The van der Waals surface area contributed by atoms with Crippen molar-refractivity contribution in [3.63, 3.8) is 0 Å². The molecule has 0 aliphatic carbocycles. The summed E-state index contributed by atoms with van der Waals surface area (Å²) in [7, 11) is 3.77. The molecule has 0 spiro atoms. The molecule has 8 heteroatoms. The van der Waals surface area contributed by atoms with Crippen LogP contribution in [0.5, 0.6) is 0 Å². The third kappa shape index (κ3) is 4.51. The number of hydrogen-bond donors (Lipinski definition) is 2. The van der Waals surface area contributed by atoms with E-state index in [1.807, 2.05) is 25.1 Å². The molecule has 1 aliphatic rings. The molecule has 0 radical (unpaired) electrons. The topological polar surface area (TPSA) is 94.9 Å². The van der Waals surface area contributed by atoms with Crippen LogP contribution in [0.4, 0.5) is 5.69 Å². The first-order valence-corrected chi connectivity index (χ1v) is 9.15. The van der Waals surface area contributed by atoms with Gasteiger partial charge in [0.15, 0.2) is 0 Å². The van der Waals surface area contributed by atoms with E-state index in [-0.39, 0.29) is 23.6 Å². The third-order valence-corrected chi connectivity index (χ3v) is 4.77. The number of benzene rings is 1. The lowest BCUT2D eigenvalue weighted by molar-refractivity contribution is -0.127. The Morgan fingerprint density at radius 1 is 1.14 bits per heavy atom. The summed E-state index contributed by atoms with van der Waals surface area (Å²) in [6.07, 6.45) is 4.23. The molecule has 1 aromatic heterocycles. The summed E-state index contributed by atoms with van der Waals surface area (Å²) in [5, 5.41) is 0. The molecule has 1 saturated heterocycles. The molecule has 2 aromatic rings. The molecular weight excluding hydrogens is 360 g/mol. The van der Waals surface area contributed by atoms with Crippen molar-refractivity contribution >= 4 is 23.4 Å². The van der Waals surface area contributed by atoms with Crippen molar-refractivity contribution in [2.24, 2.45) is 5.92 Å². The number of likely N-dealkylation sites (tertiary alicyclic amines) is 1. The molecule has 148 valence electrons. The highest BCUT2D eigenvalue weighted by Crippen LogP contribution is 2.19. The zero-order valence-electron chi connectivity index (χ0n) is 16.0. The van der Waals surface area contributed by atoms with Crippen molar-refractivity contribution in [3.05, 3.63) is 54.0 Å². The first-order chi connectivity index (χ1) is 13.5. The predicted octanol–water partition coefficient (Wildman–Crippen LogP) is 1.66. The Labute approximate surface area is 163 Å². The number of hydrazine groups is 1. The van der Waals surface area contributed by atoms with Crippen LogP contribution in [0.1, 0.15) is 33.6 Å². The number of anilines is 1. The standard InChI is InChI=1S/C20H24N4O4/c1-23(2)17-7-3-5-14(11-17)18(25)21-22-19(26)15-6-4-9-24(12-15)20(27)16-8-10-28-13-16/h3,5,7-8,10-11,13,15H,4,6,9,12H2,1-2H3,(H,21,25)(H,22,26). The number of carbonyl (C=O) groups excluding carboxylic acids is 3. The first kappa shape index (κ1) is 19.5. The van der Waals surface area contributed by atoms with Crippen LogP contribution in [0.2, 0.25) is 0 Å². The van der Waals surface area contributed by atoms with Gasteiger partial charge in [-0.25, -0.2) is 0 Å². The van der Waals surface area contributed by atoms with Gasteiger partial charge >= 0.3 is 0 Å². The molecule has 3 rings (SSSR count). The largest absolute Gasteiger partial charge is 0.472 e. The van der Waals surface area contributed by atoms with Crippen molar-refractivity contribution in [3.8, 4) is 0 Å². The number of piperidine rings is 1. The SMILES string of the molecule is CN(C)c1cccc(C(=O)NNC(=O)C2CCCN(C(=O)c3ccoc3)C2)c1. The smallest absolute Gasteiger partial charge is 0.269 e. The van der Waals surface area contributed by atoms with Gasteiger partial charge in [0.05, 0.1) is 17.7 Å². The molecular formula is C20H24N4O4. The molecule has 3 amide bonds. The van der Waals surface area contributed by atoms with Crippen molar-refractivity contribution in [1.29, 1.82) is 0 Å². The first-order valence-electron chi connectivity index (χ1n) is 9.15. The molecule has 0 bridgehead atoms. The van der Waals surface area contributed by atoms with Crippen LogP contribution in [-0.4, -0.2) is 49.8 Å². The summed E-state index contributed by atoms with van der Waals surface area (Å²) in [6, 6.07) is 8.71. The van der Waals surface area contributed by atoms with Gasteiger partial charge in [0.1, 0.15) is 6.26 Å². The number of carbonyl (C=O) groups is 3. The average molecular weight is 384 g/mol. The Kier molecular flexibility index (Phi) is 5.98. The van der Waals surface area contributed by atoms with Crippen LogP contribution in [0.15, 0.2) is 47.3 Å². The zero-order chi connectivity index (χ0) is 20.1. The second kappa shape index (κ2) is 8.60. The molecule has 0 saturated carbocycles. The lowest BCUT2D eigenvalue weighted by atomic mass is 9.97. The van der Waals surface area contributed by atoms with E-state index in [1.54, 1.807) is 29.2 Å². The number of nitrogens with one attached hydrogen (secondary N) is 2. The minimum Gasteiger partial charge on any atom is -0.472 e. The average Bonchev–Trinajstić information content (AvgIpc) is 3.26. The van der Waals surface area contributed by atoms with Crippen LogP contribution in [0.3, 0.4) is 0 Å². The Hall–Kier alpha value is -3.29. The zero-order valence-corrected chi connectivity index (χ0v) is 16.0. The predicted molar refractivity (Wildman–Crippen MR) is 104 cm³/mol. The summed E-state index contributed by atoms with van der Waals surface area (Å²) in [6.45, 7) is 0.902. The number of nitrogens with zero attached hydrogens (tertiary/aromatic N) is 2. The molecule has 2 heterocycles. The van der Waals surface area contributed by atoms with E-state index in [4.69, 9.17) is 4.42 Å². The van der Waals surface area contributed by atoms with Gasteiger partial charge in [0.25, 0.3) is 11.8 Å². The fourth-order valence-electron chi connectivity index (χ4n) is 3.16. The van der Waals surface area contributed by atoms with E-state index in [1.165, 1.54) is 12.5 Å². The minimum atomic E-state index is -0.390. The number of hydrogen-bond acceptors (Lipinski definition) is 5. The summed E-state index contributed by atoms with van der Waals surface area (Å²) < 4.78 is 4.95. The maximum Gasteiger partial charge on any atom is 0.269 e. The summed E-state index contributed by atoms with van der Waals surface area (Å²) in [5.74, 6) is -1.23. The monoisotopic (exact) mass is 384 g/mol. The molecule has 1 unspecified atom stereocenters. The Balaban J connectivity index is 1.55. The Morgan fingerprint density at radius 2 is 1.96 bits per heavy atom. The molecule has 1 atom stereocenters. The molecule has 1 aliphatic heterocycles. The Bertz CT molecular complexity index is 848. The second-order valence-corrected chi connectivity index (χ2v) is 6.99. The van der Waals surface area contributed by atoms with Gasteiger partial charge in [-0.3, -0.25) is 25.2 Å². The van der Waals surface area contributed by atoms with Gasteiger partial charge in [-0.15, -0.1) is 0 Å². The van der Waals surface area contributed by atoms with Crippen LogP contribution >= 0.6 is 0 Å². The summed E-state index contributed by atoms with van der Waals surface area (Å²) >= 11 is 0. The summed E-state index contributed by atoms with van der Waals surface area (Å²) in [5.41, 5.74) is 6.75. The van der Waals surface area contributed by atoms with Crippen LogP contribution in [0.25, 0.3) is 0 Å². The van der Waals surface area contributed by atoms with E-state index in [0.29, 0.717) is 30.6 Å². The molecule has 2 N–H and O–H groups in total. The van der Waals surface area contributed by atoms with Crippen molar-refractivity contribution in [2.75, 3.05) is 32.1 Å². The minimum absolute atomic E-state index is 0.157. The van der Waals surface area contributed by atoms with E-state index >= 15 is 0 Å². The van der Waals surface area contributed by atoms with Crippen molar-refractivity contribution in [2.45, 2.75) is 12.8 Å². The van der Waals surface area contributed by atoms with E-state index in [0.717, 1.165) is 12.1 Å². The molecule has 8 nitrogen and oxygen atoms in total. The number of furan rings is 1. The van der Waals surface area contributed by atoms with Crippen molar-refractivity contribution in [1.82, 2.24) is 15.8 Å². The highest BCUT2D eigenvalue weighted by atomic mass is 16.3. The number of amides is 3. The molecule has 28 heavy (non-hydrogen) atoms. The maximum absolute atomic E-state index is 12.5. The van der Waals surface area contributed by atoms with Crippen LogP contribution in [-0.2, 0) is 4.79 Å². The quantitative estimate of drug-likeness (QED) is 0.782. The van der Waals surface area contributed by atoms with Gasteiger partial charge < -0.3 is 14.2 Å². The van der Waals surface area contributed by atoms with Crippen LogP contribution in [0, 0.1) is 5.92 Å². The molecule has 1 aromatic carbocycles. The van der Waals surface area contributed by atoms with Gasteiger partial charge in [-0.05, 0) is 37.1 Å². The lowest BCUT2D eigenvalue weighted by Gasteiger charge is -2.31. The van der Waals surface area contributed by atoms with Gasteiger partial charge in [0.2, 0.25) is 5.91 Å². The third-order valence-electron chi connectivity index (χ3n) is 4.77. The van der Waals surface area contributed by atoms with Gasteiger partial charge in [-0.2, -0.15) is 0 Å². The fourth-order valence-corrected chi connectivity index (χ4v) is 3.16. The van der Waals surface area contributed by atoms with E-state index in [9.17, 15) is 14.4 Å². The maximum atomic E-state index is 12.5. The normalized spacial score (nSPS) is 16.4. The van der Waals surface area contributed by atoms with Crippen molar-refractivity contribution < 1.29 is 18.8 Å². The highest BCUT2D eigenvalue weighted by Gasteiger charge is 2.29. The second-order valence-electron chi connectivity index (χ2n) is 6.99. The Morgan fingerprint density at radius 3 is 2.68 bits per heavy atom. The van der Waals surface area contributed by atoms with Crippen LogP contribution < -0.4 is 15.8 Å². The lowest BCUT2D eigenvalue weighted by Crippen LogP contribution is -2.50. The molecule has 1 fully saturated rings. The van der Waals surface area contributed by atoms with Gasteiger partial charge in [0, 0.05) is 38.4 Å². The summed E-state index contributed by atoms with van der Waals surface area (Å²) in [4.78, 5) is 40.7. The number of rotatable bonds is 4. The fraction of sp³-hybridized carbons (Fsp3) is 0.350. The van der Waals surface area contributed by atoms with Gasteiger partial charge in [-0.1, -0.05) is 6.07 Å².